The van der Waals surface area contributed by atoms with E-state index in [0.717, 1.165) is 43.2 Å². The predicted molar refractivity (Wildman–Crippen MR) is 73.2 cm³/mol. The highest BCUT2D eigenvalue weighted by atomic mass is 19.1. The van der Waals surface area contributed by atoms with Gasteiger partial charge in [-0.25, -0.2) is 4.39 Å². The van der Waals surface area contributed by atoms with Crippen LogP contribution in [0.3, 0.4) is 0 Å². The average Bonchev–Trinajstić information content (AvgIpc) is 2.37. The fourth-order valence-corrected chi connectivity index (χ4v) is 2.66. The Labute approximate surface area is 109 Å². The number of aryl methyl sites for hydroxylation is 2. The maximum atomic E-state index is 13.5. The first kappa shape index (κ1) is 13.5. The number of hydrogen-bond acceptors (Lipinski definition) is 2. The number of piperidine rings is 1. The monoisotopic (exact) mass is 250 g/mol. The van der Waals surface area contributed by atoms with Crippen LogP contribution in [0.4, 0.5) is 4.39 Å². The molecule has 1 saturated heterocycles. The number of rotatable bonds is 4. The van der Waals surface area contributed by atoms with Gasteiger partial charge in [0.15, 0.2) is 0 Å². The minimum atomic E-state index is -0.0739. The van der Waals surface area contributed by atoms with E-state index in [1.54, 1.807) is 0 Å². The van der Waals surface area contributed by atoms with Crippen molar-refractivity contribution in [3.8, 4) is 0 Å². The van der Waals surface area contributed by atoms with E-state index in [4.69, 9.17) is 0 Å². The highest BCUT2D eigenvalue weighted by Gasteiger charge is 2.12. The second-order valence-corrected chi connectivity index (χ2v) is 5.39. The molecule has 0 aromatic heterocycles. The van der Waals surface area contributed by atoms with Crippen molar-refractivity contribution in [2.24, 2.45) is 5.92 Å². The molecule has 1 aliphatic heterocycles. The maximum Gasteiger partial charge on any atom is 0.129 e. The van der Waals surface area contributed by atoms with Gasteiger partial charge >= 0.3 is 0 Å². The van der Waals surface area contributed by atoms with Gasteiger partial charge in [0, 0.05) is 6.54 Å². The highest BCUT2D eigenvalue weighted by Crippen LogP contribution is 2.15. The van der Waals surface area contributed by atoms with Gasteiger partial charge in [-0.2, -0.15) is 0 Å². The highest BCUT2D eigenvalue weighted by molar-refractivity contribution is 5.30. The van der Waals surface area contributed by atoms with Crippen molar-refractivity contribution in [2.45, 2.75) is 33.2 Å². The van der Waals surface area contributed by atoms with Crippen molar-refractivity contribution < 1.29 is 4.39 Å². The summed E-state index contributed by atoms with van der Waals surface area (Å²) in [5.41, 5.74) is 2.66. The predicted octanol–water partition coefficient (Wildman–Crippen LogP) is 2.53. The van der Waals surface area contributed by atoms with Gasteiger partial charge in [-0.1, -0.05) is 12.1 Å². The first-order valence-electron chi connectivity index (χ1n) is 6.84. The van der Waals surface area contributed by atoms with Crippen molar-refractivity contribution in [1.29, 1.82) is 0 Å². The number of benzene rings is 1. The Kier molecular flexibility index (Phi) is 4.72. The van der Waals surface area contributed by atoms with Crippen LogP contribution in [0, 0.1) is 25.6 Å². The second kappa shape index (κ2) is 6.30. The molecule has 0 spiro atoms. The Morgan fingerprint density at radius 3 is 2.67 bits per heavy atom. The molecular weight excluding hydrogens is 227 g/mol. The largest absolute Gasteiger partial charge is 0.316 e. The molecule has 18 heavy (non-hydrogen) atoms. The third-order valence-corrected chi connectivity index (χ3v) is 3.66. The van der Waals surface area contributed by atoms with Crippen LogP contribution in [0.2, 0.25) is 0 Å². The van der Waals surface area contributed by atoms with E-state index in [0.29, 0.717) is 0 Å². The van der Waals surface area contributed by atoms with Crippen LogP contribution in [0.1, 0.15) is 29.5 Å². The number of halogens is 1. The lowest BCUT2D eigenvalue weighted by Gasteiger charge is -2.23. The molecule has 0 saturated carbocycles. The quantitative estimate of drug-likeness (QED) is 0.858. The summed E-state index contributed by atoms with van der Waals surface area (Å²) < 4.78 is 13.5. The molecule has 1 aromatic rings. The van der Waals surface area contributed by atoms with Gasteiger partial charge in [0.2, 0.25) is 0 Å². The molecule has 1 aliphatic rings. The summed E-state index contributed by atoms with van der Waals surface area (Å²) in [6.45, 7) is 7.82. The minimum Gasteiger partial charge on any atom is -0.316 e. The molecule has 1 atom stereocenters. The number of nitrogens with one attached hydrogen (secondary N) is 2. The van der Waals surface area contributed by atoms with Gasteiger partial charge in [0.1, 0.15) is 5.82 Å². The van der Waals surface area contributed by atoms with Crippen molar-refractivity contribution in [1.82, 2.24) is 10.6 Å². The van der Waals surface area contributed by atoms with Crippen molar-refractivity contribution in [3.05, 3.63) is 34.6 Å². The maximum absolute atomic E-state index is 13.5. The molecule has 0 bridgehead atoms. The fourth-order valence-electron chi connectivity index (χ4n) is 2.66. The van der Waals surface area contributed by atoms with Crippen LogP contribution in [0.5, 0.6) is 0 Å². The molecule has 0 radical (unpaired) electrons. The minimum absolute atomic E-state index is 0.0739. The SMILES string of the molecule is Cc1cc(CNCC2CCCNC2)cc(C)c1F. The van der Waals surface area contributed by atoms with Crippen LogP contribution in [-0.4, -0.2) is 19.6 Å². The lowest BCUT2D eigenvalue weighted by atomic mass is 9.99. The summed E-state index contributed by atoms with van der Waals surface area (Å²) in [5, 5.41) is 6.90. The summed E-state index contributed by atoms with van der Waals surface area (Å²) in [6.07, 6.45) is 2.59. The molecule has 1 aromatic carbocycles. The van der Waals surface area contributed by atoms with E-state index in [1.165, 1.54) is 18.4 Å². The summed E-state index contributed by atoms with van der Waals surface area (Å²) in [7, 11) is 0. The fraction of sp³-hybridized carbons (Fsp3) is 0.600. The topological polar surface area (TPSA) is 24.1 Å². The average molecular weight is 250 g/mol. The van der Waals surface area contributed by atoms with Gasteiger partial charge in [-0.05, 0) is 68.9 Å². The standard InChI is InChI=1S/C15H23FN2/c1-11-6-14(7-12(2)15(11)16)10-18-9-13-4-3-5-17-8-13/h6-7,13,17-18H,3-5,8-10H2,1-2H3. The summed E-state index contributed by atoms with van der Waals surface area (Å²) in [5.74, 6) is 0.664. The van der Waals surface area contributed by atoms with Gasteiger partial charge in [0.25, 0.3) is 0 Å². The van der Waals surface area contributed by atoms with Crippen LogP contribution >= 0.6 is 0 Å². The molecule has 2 N–H and O–H groups in total. The van der Waals surface area contributed by atoms with E-state index < -0.39 is 0 Å². The molecule has 2 nitrogen and oxygen atoms in total. The first-order valence-corrected chi connectivity index (χ1v) is 6.84. The van der Waals surface area contributed by atoms with Crippen molar-refractivity contribution in [3.63, 3.8) is 0 Å². The molecule has 0 amide bonds. The van der Waals surface area contributed by atoms with Crippen molar-refractivity contribution in [2.75, 3.05) is 19.6 Å². The number of hydrogen-bond donors (Lipinski definition) is 2. The summed E-state index contributed by atoms with van der Waals surface area (Å²) in [4.78, 5) is 0. The molecule has 1 fully saturated rings. The normalized spacial score (nSPS) is 20.1. The van der Waals surface area contributed by atoms with Gasteiger partial charge < -0.3 is 10.6 Å². The Hall–Kier alpha value is -0.930. The molecular formula is C15H23FN2. The van der Waals surface area contributed by atoms with Gasteiger partial charge in [0.05, 0.1) is 0 Å². The van der Waals surface area contributed by atoms with E-state index >= 15 is 0 Å². The van der Waals surface area contributed by atoms with Crippen LogP contribution in [0.25, 0.3) is 0 Å². The molecule has 1 heterocycles. The molecule has 2 rings (SSSR count). The lowest BCUT2D eigenvalue weighted by Crippen LogP contribution is -2.35. The smallest absolute Gasteiger partial charge is 0.129 e. The van der Waals surface area contributed by atoms with Crippen LogP contribution < -0.4 is 10.6 Å². The molecule has 100 valence electrons. The second-order valence-electron chi connectivity index (χ2n) is 5.39. The zero-order valence-corrected chi connectivity index (χ0v) is 11.4. The van der Waals surface area contributed by atoms with Gasteiger partial charge in [-0.3, -0.25) is 0 Å². The van der Waals surface area contributed by atoms with E-state index in [1.807, 2.05) is 26.0 Å². The zero-order chi connectivity index (χ0) is 13.0. The Morgan fingerprint density at radius 2 is 2.06 bits per heavy atom. The van der Waals surface area contributed by atoms with E-state index in [-0.39, 0.29) is 5.82 Å². The molecule has 3 heteroatoms. The van der Waals surface area contributed by atoms with Crippen LogP contribution in [-0.2, 0) is 6.54 Å². The first-order chi connectivity index (χ1) is 8.66. The molecule has 0 aliphatic carbocycles. The zero-order valence-electron chi connectivity index (χ0n) is 11.4. The Morgan fingerprint density at radius 1 is 1.33 bits per heavy atom. The van der Waals surface area contributed by atoms with E-state index in [9.17, 15) is 4.39 Å². The lowest BCUT2D eigenvalue weighted by molar-refractivity contribution is 0.360. The molecule has 1 unspecified atom stereocenters. The third kappa shape index (κ3) is 3.53. The van der Waals surface area contributed by atoms with Gasteiger partial charge in [-0.15, -0.1) is 0 Å². The summed E-state index contributed by atoms with van der Waals surface area (Å²) in [6, 6.07) is 3.88. The Balaban J connectivity index is 1.82. The van der Waals surface area contributed by atoms with Crippen LogP contribution in [0.15, 0.2) is 12.1 Å². The third-order valence-electron chi connectivity index (χ3n) is 3.66. The van der Waals surface area contributed by atoms with Crippen molar-refractivity contribution >= 4 is 0 Å². The summed E-state index contributed by atoms with van der Waals surface area (Å²) >= 11 is 0. The van der Waals surface area contributed by atoms with E-state index in [2.05, 4.69) is 10.6 Å². The Bertz CT molecular complexity index is 374.